The van der Waals surface area contributed by atoms with E-state index in [4.69, 9.17) is 5.11 Å². The summed E-state index contributed by atoms with van der Waals surface area (Å²) in [5.41, 5.74) is 1.06. The average molecular weight is 308 g/mol. The van der Waals surface area contributed by atoms with Crippen LogP contribution in [0.5, 0.6) is 0 Å². The molecule has 1 N–H and O–H groups in total. The first-order valence-corrected chi connectivity index (χ1v) is 7.74. The van der Waals surface area contributed by atoms with Crippen molar-refractivity contribution >= 4 is 17.7 Å². The predicted molar refractivity (Wildman–Crippen MR) is 81.5 cm³/mol. The number of carboxylic acids is 1. The van der Waals surface area contributed by atoms with Crippen molar-refractivity contribution in [2.45, 2.75) is 44.4 Å². The summed E-state index contributed by atoms with van der Waals surface area (Å²) in [6.45, 7) is 7.82. The molecule has 0 saturated carbocycles. The zero-order valence-corrected chi connectivity index (χ0v) is 13.3. The van der Waals surface area contributed by atoms with E-state index in [-0.39, 0.29) is 11.2 Å². The molecule has 0 saturated heterocycles. The second-order valence-corrected chi connectivity index (χ2v) is 6.72. The molecule has 114 valence electrons. The molecule has 0 amide bonds. The fourth-order valence-corrected chi connectivity index (χ4v) is 2.78. The third kappa shape index (κ3) is 4.10. The molecule has 0 aromatic carbocycles. The van der Waals surface area contributed by atoms with Gasteiger partial charge in [0.1, 0.15) is 0 Å². The van der Waals surface area contributed by atoms with Gasteiger partial charge in [-0.1, -0.05) is 32.5 Å². The first-order chi connectivity index (χ1) is 9.88. The number of hydrogen-bond donors (Lipinski definition) is 1. The van der Waals surface area contributed by atoms with Crippen molar-refractivity contribution in [2.24, 2.45) is 0 Å². The third-order valence-corrected chi connectivity index (χ3v) is 4.00. The van der Waals surface area contributed by atoms with Crippen molar-refractivity contribution in [3.63, 3.8) is 0 Å². The van der Waals surface area contributed by atoms with Gasteiger partial charge in [-0.15, -0.1) is 0 Å². The zero-order chi connectivity index (χ0) is 15.5. The number of aliphatic carboxylic acids is 1. The SMILES string of the molecule is CC(C)(C)c1cnc(SCC(=O)O)n1CCn1cccn1. The molecule has 0 radical (unpaired) electrons. The minimum absolute atomic E-state index is 0.0162. The number of thioether (sulfide) groups is 1. The van der Waals surface area contributed by atoms with E-state index in [0.29, 0.717) is 0 Å². The molecule has 0 aliphatic rings. The number of aromatic nitrogens is 4. The molecule has 2 aromatic rings. The molecule has 2 aromatic heterocycles. The molecule has 0 bridgehead atoms. The summed E-state index contributed by atoms with van der Waals surface area (Å²) in [6.07, 6.45) is 5.50. The van der Waals surface area contributed by atoms with E-state index in [1.807, 2.05) is 23.1 Å². The van der Waals surface area contributed by atoms with E-state index < -0.39 is 5.97 Å². The minimum atomic E-state index is -0.834. The van der Waals surface area contributed by atoms with Gasteiger partial charge in [0.15, 0.2) is 5.16 Å². The van der Waals surface area contributed by atoms with Crippen LogP contribution in [0.1, 0.15) is 26.5 Å². The highest BCUT2D eigenvalue weighted by molar-refractivity contribution is 7.99. The molecule has 0 aliphatic carbocycles. The fraction of sp³-hybridized carbons (Fsp3) is 0.500. The van der Waals surface area contributed by atoms with E-state index in [0.717, 1.165) is 23.9 Å². The van der Waals surface area contributed by atoms with Crippen molar-refractivity contribution in [3.05, 3.63) is 30.4 Å². The van der Waals surface area contributed by atoms with Gasteiger partial charge in [0.05, 0.1) is 12.3 Å². The quantitative estimate of drug-likeness (QED) is 0.829. The highest BCUT2D eigenvalue weighted by Crippen LogP contribution is 2.27. The Labute approximate surface area is 128 Å². The lowest BCUT2D eigenvalue weighted by Crippen LogP contribution is -2.20. The minimum Gasteiger partial charge on any atom is -0.481 e. The number of hydrogen-bond acceptors (Lipinski definition) is 4. The van der Waals surface area contributed by atoms with Crippen molar-refractivity contribution in [2.75, 3.05) is 5.75 Å². The molecule has 0 fully saturated rings. The molecule has 2 rings (SSSR count). The lowest BCUT2D eigenvalue weighted by atomic mass is 9.92. The van der Waals surface area contributed by atoms with Crippen molar-refractivity contribution in [1.29, 1.82) is 0 Å². The van der Waals surface area contributed by atoms with Gasteiger partial charge < -0.3 is 9.67 Å². The Kier molecular flexibility index (Phi) is 4.72. The maximum absolute atomic E-state index is 10.8. The van der Waals surface area contributed by atoms with Gasteiger partial charge in [0.25, 0.3) is 0 Å². The Morgan fingerprint density at radius 2 is 2.14 bits per heavy atom. The van der Waals surface area contributed by atoms with Crippen LogP contribution in [-0.4, -0.2) is 36.2 Å². The van der Waals surface area contributed by atoms with Crippen molar-refractivity contribution in [3.8, 4) is 0 Å². The van der Waals surface area contributed by atoms with Crippen LogP contribution < -0.4 is 0 Å². The van der Waals surface area contributed by atoms with Gasteiger partial charge in [-0.3, -0.25) is 9.48 Å². The second kappa shape index (κ2) is 6.34. The molecule has 6 nitrogen and oxygen atoms in total. The summed E-state index contributed by atoms with van der Waals surface area (Å²) in [5.74, 6) is -0.818. The fourth-order valence-electron chi connectivity index (χ4n) is 2.05. The highest BCUT2D eigenvalue weighted by atomic mass is 32.2. The lowest BCUT2D eigenvalue weighted by Gasteiger charge is -2.21. The van der Waals surface area contributed by atoms with Gasteiger partial charge in [-0.05, 0) is 6.07 Å². The molecule has 0 atom stereocenters. The summed E-state index contributed by atoms with van der Waals surface area (Å²) >= 11 is 1.25. The van der Waals surface area contributed by atoms with Crippen LogP contribution in [-0.2, 0) is 23.3 Å². The number of rotatable bonds is 6. The molecular formula is C14H20N4O2S. The molecular weight excluding hydrogens is 288 g/mol. The normalized spacial score (nSPS) is 11.8. The maximum Gasteiger partial charge on any atom is 0.313 e. The van der Waals surface area contributed by atoms with E-state index >= 15 is 0 Å². The summed E-state index contributed by atoms with van der Waals surface area (Å²) in [4.78, 5) is 15.1. The Hall–Kier alpha value is -1.76. The van der Waals surface area contributed by atoms with Crippen LogP contribution in [0.15, 0.2) is 29.8 Å². The molecule has 0 spiro atoms. The summed E-state index contributed by atoms with van der Waals surface area (Å²) in [6, 6.07) is 1.89. The monoisotopic (exact) mass is 308 g/mol. The Morgan fingerprint density at radius 1 is 1.38 bits per heavy atom. The van der Waals surface area contributed by atoms with Crippen LogP contribution in [0.25, 0.3) is 0 Å². The van der Waals surface area contributed by atoms with E-state index in [2.05, 4.69) is 35.4 Å². The molecule has 2 heterocycles. The molecule has 21 heavy (non-hydrogen) atoms. The van der Waals surface area contributed by atoms with Gasteiger partial charge in [-0.25, -0.2) is 4.98 Å². The molecule has 7 heteroatoms. The highest BCUT2D eigenvalue weighted by Gasteiger charge is 2.22. The molecule has 0 unspecified atom stereocenters. The number of aryl methyl sites for hydroxylation is 1. The van der Waals surface area contributed by atoms with E-state index in [9.17, 15) is 4.79 Å². The van der Waals surface area contributed by atoms with E-state index in [1.54, 1.807) is 6.20 Å². The number of nitrogens with zero attached hydrogens (tertiary/aromatic N) is 4. The lowest BCUT2D eigenvalue weighted by molar-refractivity contribution is -0.133. The number of carbonyl (C=O) groups is 1. The van der Waals surface area contributed by atoms with Crippen molar-refractivity contribution in [1.82, 2.24) is 19.3 Å². The molecule has 0 aliphatic heterocycles. The zero-order valence-electron chi connectivity index (χ0n) is 12.5. The third-order valence-electron chi connectivity index (χ3n) is 3.02. The van der Waals surface area contributed by atoms with Crippen LogP contribution in [0.2, 0.25) is 0 Å². The smallest absolute Gasteiger partial charge is 0.313 e. The number of imidazole rings is 1. The van der Waals surface area contributed by atoms with Gasteiger partial charge >= 0.3 is 5.97 Å². The maximum atomic E-state index is 10.8. The predicted octanol–water partition coefficient (Wildman–Crippen LogP) is 2.25. The first kappa shape index (κ1) is 15.6. The Morgan fingerprint density at radius 3 is 2.71 bits per heavy atom. The van der Waals surface area contributed by atoms with Crippen LogP contribution in [0, 0.1) is 0 Å². The number of carboxylic acid groups (broad SMARTS) is 1. The van der Waals surface area contributed by atoms with E-state index in [1.165, 1.54) is 11.8 Å². The average Bonchev–Trinajstić information content (AvgIpc) is 3.02. The summed E-state index contributed by atoms with van der Waals surface area (Å²) in [7, 11) is 0. The summed E-state index contributed by atoms with van der Waals surface area (Å²) in [5, 5.41) is 13.8. The van der Waals surface area contributed by atoms with Crippen LogP contribution in [0.4, 0.5) is 0 Å². The van der Waals surface area contributed by atoms with Crippen LogP contribution >= 0.6 is 11.8 Å². The second-order valence-electron chi connectivity index (χ2n) is 5.78. The topological polar surface area (TPSA) is 72.9 Å². The first-order valence-electron chi connectivity index (χ1n) is 6.76. The Balaban J connectivity index is 2.20. The van der Waals surface area contributed by atoms with Gasteiger partial charge in [0.2, 0.25) is 0 Å². The summed E-state index contributed by atoms with van der Waals surface area (Å²) < 4.78 is 3.95. The van der Waals surface area contributed by atoms with Crippen LogP contribution in [0.3, 0.4) is 0 Å². The standard InChI is InChI=1S/C14H20N4O2S/c1-14(2,3)11-9-15-13(21-10-12(19)20)18(11)8-7-17-6-4-5-16-17/h4-6,9H,7-8,10H2,1-3H3,(H,19,20). The van der Waals surface area contributed by atoms with Crippen molar-refractivity contribution < 1.29 is 9.90 Å². The largest absolute Gasteiger partial charge is 0.481 e. The van der Waals surface area contributed by atoms with Gasteiger partial charge in [0, 0.05) is 36.2 Å². The van der Waals surface area contributed by atoms with Gasteiger partial charge in [-0.2, -0.15) is 5.10 Å². The Bertz CT molecular complexity index is 599.